The van der Waals surface area contributed by atoms with Crippen LogP contribution in [0.25, 0.3) is 0 Å². The number of aryl methyl sites for hydroxylation is 1. The first kappa shape index (κ1) is 14.8. The summed E-state index contributed by atoms with van der Waals surface area (Å²) in [6.07, 6.45) is 3.67. The van der Waals surface area contributed by atoms with Gasteiger partial charge in [0, 0.05) is 18.7 Å². The van der Waals surface area contributed by atoms with Crippen molar-refractivity contribution in [3.63, 3.8) is 0 Å². The molecule has 0 amide bonds. The smallest absolute Gasteiger partial charge is 0.241 e. The Morgan fingerprint density at radius 1 is 1.25 bits per heavy atom. The molecule has 0 bridgehead atoms. The van der Waals surface area contributed by atoms with Crippen molar-refractivity contribution in [3.05, 3.63) is 53.5 Å². The normalized spacial score (nSPS) is 11.7. The van der Waals surface area contributed by atoms with Gasteiger partial charge in [-0.05, 0) is 29.7 Å². The average molecular weight is 294 g/mol. The van der Waals surface area contributed by atoms with E-state index in [9.17, 15) is 8.42 Å². The fourth-order valence-electron chi connectivity index (χ4n) is 1.92. The van der Waals surface area contributed by atoms with Crippen LogP contribution in [-0.4, -0.2) is 8.42 Å². The molecule has 1 heterocycles. The number of sulfonamides is 1. The number of nitrogens with two attached hydrogens (primary N) is 1. The van der Waals surface area contributed by atoms with Crippen LogP contribution in [0.4, 0.5) is 0 Å². The zero-order valence-corrected chi connectivity index (χ0v) is 12.1. The van der Waals surface area contributed by atoms with E-state index in [1.54, 1.807) is 12.1 Å². The number of hydrogen-bond acceptors (Lipinski definition) is 4. The Morgan fingerprint density at radius 3 is 2.65 bits per heavy atom. The van der Waals surface area contributed by atoms with Crippen LogP contribution in [0.2, 0.25) is 0 Å². The molecule has 0 unspecified atom stereocenters. The van der Waals surface area contributed by atoms with Crippen LogP contribution < -0.4 is 10.5 Å². The predicted molar refractivity (Wildman–Crippen MR) is 76.4 cm³/mol. The lowest BCUT2D eigenvalue weighted by Crippen LogP contribution is -2.24. The first-order chi connectivity index (χ1) is 9.56. The molecule has 20 heavy (non-hydrogen) atoms. The molecule has 2 rings (SSSR count). The summed E-state index contributed by atoms with van der Waals surface area (Å²) in [6.45, 7) is 2.44. The lowest BCUT2D eigenvalue weighted by atomic mass is 10.1. The van der Waals surface area contributed by atoms with Crippen LogP contribution in [0.5, 0.6) is 0 Å². The van der Waals surface area contributed by atoms with E-state index in [0.717, 1.165) is 16.7 Å². The predicted octanol–water partition coefficient (Wildman–Crippen LogP) is 1.78. The molecule has 2 aromatic rings. The molecule has 6 heteroatoms. The Kier molecular flexibility index (Phi) is 4.59. The molecule has 0 atom stereocenters. The van der Waals surface area contributed by atoms with Gasteiger partial charge >= 0.3 is 0 Å². The van der Waals surface area contributed by atoms with Gasteiger partial charge in [-0.1, -0.05) is 19.1 Å². The quantitative estimate of drug-likeness (QED) is 0.850. The molecule has 108 valence electrons. The van der Waals surface area contributed by atoms with E-state index < -0.39 is 10.0 Å². The maximum absolute atomic E-state index is 12.4. The van der Waals surface area contributed by atoms with E-state index in [2.05, 4.69) is 4.72 Å². The standard InChI is InChI=1S/C14H18N2O3S/c1-2-13-4-3-11(8-15)7-14(13)20(17,18)16-9-12-5-6-19-10-12/h3-7,10,16H,2,8-9,15H2,1H3. The minimum atomic E-state index is -3.56. The Morgan fingerprint density at radius 2 is 2.05 bits per heavy atom. The lowest BCUT2D eigenvalue weighted by molar-refractivity contribution is 0.561. The minimum Gasteiger partial charge on any atom is -0.472 e. The van der Waals surface area contributed by atoms with Crippen LogP contribution in [0.1, 0.15) is 23.6 Å². The van der Waals surface area contributed by atoms with Crippen LogP contribution in [0.3, 0.4) is 0 Å². The third kappa shape index (κ3) is 3.27. The number of furan rings is 1. The molecule has 0 fully saturated rings. The van der Waals surface area contributed by atoms with Crippen LogP contribution in [0.15, 0.2) is 46.1 Å². The van der Waals surface area contributed by atoms with Crippen molar-refractivity contribution < 1.29 is 12.8 Å². The van der Waals surface area contributed by atoms with Crippen molar-refractivity contribution >= 4 is 10.0 Å². The number of hydrogen-bond donors (Lipinski definition) is 2. The second-order valence-electron chi connectivity index (χ2n) is 4.46. The van der Waals surface area contributed by atoms with Crippen molar-refractivity contribution in [2.24, 2.45) is 5.73 Å². The highest BCUT2D eigenvalue weighted by Crippen LogP contribution is 2.19. The SMILES string of the molecule is CCc1ccc(CN)cc1S(=O)(=O)NCc1ccoc1. The molecule has 0 radical (unpaired) electrons. The fourth-order valence-corrected chi connectivity index (χ4v) is 3.29. The summed E-state index contributed by atoms with van der Waals surface area (Å²) >= 11 is 0. The van der Waals surface area contributed by atoms with Gasteiger partial charge in [0.15, 0.2) is 0 Å². The van der Waals surface area contributed by atoms with Gasteiger partial charge < -0.3 is 10.2 Å². The number of nitrogens with one attached hydrogen (secondary N) is 1. The molecule has 3 N–H and O–H groups in total. The molecule has 1 aromatic carbocycles. The zero-order chi connectivity index (χ0) is 14.6. The molecular weight excluding hydrogens is 276 g/mol. The lowest BCUT2D eigenvalue weighted by Gasteiger charge is -2.11. The zero-order valence-electron chi connectivity index (χ0n) is 11.3. The van der Waals surface area contributed by atoms with E-state index in [4.69, 9.17) is 10.2 Å². The summed E-state index contributed by atoms with van der Waals surface area (Å²) in [5.41, 5.74) is 7.93. The van der Waals surface area contributed by atoms with E-state index in [0.29, 0.717) is 17.9 Å². The van der Waals surface area contributed by atoms with Crippen molar-refractivity contribution in [2.75, 3.05) is 0 Å². The Bertz CT molecular complexity index is 664. The number of rotatable bonds is 6. The van der Waals surface area contributed by atoms with Gasteiger partial charge in [0.05, 0.1) is 17.4 Å². The molecule has 0 aliphatic rings. The second-order valence-corrected chi connectivity index (χ2v) is 6.19. The van der Waals surface area contributed by atoms with Crippen LogP contribution >= 0.6 is 0 Å². The third-order valence-corrected chi connectivity index (χ3v) is 4.57. The summed E-state index contributed by atoms with van der Waals surface area (Å²) < 4.78 is 32.3. The summed E-state index contributed by atoms with van der Waals surface area (Å²) in [5.74, 6) is 0. The molecule has 0 aliphatic carbocycles. The number of benzene rings is 1. The molecule has 0 saturated heterocycles. The van der Waals surface area contributed by atoms with E-state index >= 15 is 0 Å². The van der Waals surface area contributed by atoms with Gasteiger partial charge in [0.1, 0.15) is 0 Å². The van der Waals surface area contributed by atoms with Gasteiger partial charge in [-0.2, -0.15) is 0 Å². The Labute approximate surface area is 118 Å². The average Bonchev–Trinajstić information content (AvgIpc) is 2.98. The first-order valence-electron chi connectivity index (χ1n) is 6.39. The first-order valence-corrected chi connectivity index (χ1v) is 7.87. The van der Waals surface area contributed by atoms with Crippen LogP contribution in [0, 0.1) is 0 Å². The molecular formula is C14H18N2O3S. The van der Waals surface area contributed by atoms with E-state index in [1.807, 2.05) is 19.1 Å². The van der Waals surface area contributed by atoms with E-state index in [-0.39, 0.29) is 6.54 Å². The Balaban J connectivity index is 2.28. The van der Waals surface area contributed by atoms with Crippen molar-refractivity contribution in [1.29, 1.82) is 0 Å². The summed E-state index contributed by atoms with van der Waals surface area (Å²) in [5, 5.41) is 0. The highest BCUT2D eigenvalue weighted by Gasteiger charge is 2.18. The van der Waals surface area contributed by atoms with Crippen molar-refractivity contribution in [1.82, 2.24) is 4.72 Å². The monoisotopic (exact) mass is 294 g/mol. The molecule has 0 saturated carbocycles. The minimum absolute atomic E-state index is 0.203. The van der Waals surface area contributed by atoms with Gasteiger partial charge in [0.2, 0.25) is 10.0 Å². The third-order valence-electron chi connectivity index (χ3n) is 3.08. The van der Waals surface area contributed by atoms with Crippen molar-refractivity contribution in [2.45, 2.75) is 31.3 Å². The fraction of sp³-hybridized carbons (Fsp3) is 0.286. The summed E-state index contributed by atoms with van der Waals surface area (Å²) in [4.78, 5) is 0.298. The second kappa shape index (κ2) is 6.21. The summed E-state index contributed by atoms with van der Waals surface area (Å²) in [7, 11) is -3.56. The molecule has 1 aromatic heterocycles. The topological polar surface area (TPSA) is 85.3 Å². The van der Waals surface area contributed by atoms with Gasteiger partial charge in [0.25, 0.3) is 0 Å². The molecule has 0 spiro atoms. The largest absolute Gasteiger partial charge is 0.472 e. The van der Waals surface area contributed by atoms with Gasteiger partial charge in [-0.15, -0.1) is 0 Å². The van der Waals surface area contributed by atoms with E-state index in [1.165, 1.54) is 12.5 Å². The summed E-state index contributed by atoms with van der Waals surface area (Å²) in [6, 6.07) is 7.03. The van der Waals surface area contributed by atoms with Crippen LogP contribution in [-0.2, 0) is 29.5 Å². The highest BCUT2D eigenvalue weighted by atomic mass is 32.2. The highest BCUT2D eigenvalue weighted by molar-refractivity contribution is 7.89. The maximum Gasteiger partial charge on any atom is 0.241 e. The van der Waals surface area contributed by atoms with Gasteiger partial charge in [-0.3, -0.25) is 0 Å². The van der Waals surface area contributed by atoms with Gasteiger partial charge in [-0.25, -0.2) is 13.1 Å². The van der Waals surface area contributed by atoms with Crippen molar-refractivity contribution in [3.8, 4) is 0 Å². The Hall–Kier alpha value is -1.63. The maximum atomic E-state index is 12.4. The molecule has 5 nitrogen and oxygen atoms in total. The molecule has 0 aliphatic heterocycles.